The summed E-state index contributed by atoms with van der Waals surface area (Å²) < 4.78 is 11.1. The zero-order valence-electron chi connectivity index (χ0n) is 10.5. The SMILES string of the molecule is CC(C)Oc1ccccc1C1(O)CCOCC1. The topological polar surface area (TPSA) is 38.7 Å². The highest BCUT2D eigenvalue weighted by Crippen LogP contribution is 2.37. The van der Waals surface area contributed by atoms with E-state index in [4.69, 9.17) is 9.47 Å². The van der Waals surface area contributed by atoms with Gasteiger partial charge in [0.25, 0.3) is 0 Å². The molecule has 1 fully saturated rings. The molecule has 0 amide bonds. The molecule has 0 saturated carbocycles. The molecule has 3 nitrogen and oxygen atoms in total. The molecule has 0 radical (unpaired) electrons. The van der Waals surface area contributed by atoms with Crippen molar-refractivity contribution in [2.45, 2.75) is 38.4 Å². The molecule has 0 unspecified atom stereocenters. The molecule has 0 spiro atoms. The summed E-state index contributed by atoms with van der Waals surface area (Å²) >= 11 is 0. The van der Waals surface area contributed by atoms with Crippen LogP contribution in [0, 0.1) is 0 Å². The van der Waals surface area contributed by atoms with Gasteiger partial charge in [-0.25, -0.2) is 0 Å². The Morgan fingerprint density at radius 3 is 2.53 bits per heavy atom. The van der Waals surface area contributed by atoms with Crippen molar-refractivity contribution in [1.29, 1.82) is 0 Å². The quantitative estimate of drug-likeness (QED) is 0.876. The highest BCUT2D eigenvalue weighted by Gasteiger charge is 2.34. The Morgan fingerprint density at radius 2 is 1.88 bits per heavy atom. The van der Waals surface area contributed by atoms with E-state index in [0.29, 0.717) is 26.1 Å². The number of hydrogen-bond acceptors (Lipinski definition) is 3. The van der Waals surface area contributed by atoms with Gasteiger partial charge in [0, 0.05) is 31.6 Å². The summed E-state index contributed by atoms with van der Waals surface area (Å²) in [5.41, 5.74) is 0.0843. The van der Waals surface area contributed by atoms with E-state index in [9.17, 15) is 5.11 Å². The van der Waals surface area contributed by atoms with Crippen molar-refractivity contribution in [3.63, 3.8) is 0 Å². The van der Waals surface area contributed by atoms with Gasteiger partial charge in [0.15, 0.2) is 0 Å². The largest absolute Gasteiger partial charge is 0.491 e. The van der Waals surface area contributed by atoms with E-state index in [2.05, 4.69) is 0 Å². The van der Waals surface area contributed by atoms with E-state index >= 15 is 0 Å². The lowest BCUT2D eigenvalue weighted by atomic mass is 9.86. The van der Waals surface area contributed by atoms with Crippen LogP contribution in [0.1, 0.15) is 32.3 Å². The average Bonchev–Trinajstić information content (AvgIpc) is 2.30. The highest BCUT2D eigenvalue weighted by molar-refractivity contribution is 5.38. The van der Waals surface area contributed by atoms with Crippen LogP contribution in [0.25, 0.3) is 0 Å². The van der Waals surface area contributed by atoms with Gasteiger partial charge in [0.05, 0.1) is 11.7 Å². The zero-order chi connectivity index (χ0) is 12.3. The summed E-state index contributed by atoms with van der Waals surface area (Å²) in [5, 5.41) is 10.7. The summed E-state index contributed by atoms with van der Waals surface area (Å²) in [6.07, 6.45) is 1.37. The minimum absolute atomic E-state index is 0.111. The Kier molecular flexibility index (Phi) is 3.69. The van der Waals surface area contributed by atoms with Crippen molar-refractivity contribution < 1.29 is 14.6 Å². The Hall–Kier alpha value is -1.06. The van der Waals surface area contributed by atoms with Gasteiger partial charge in [0.2, 0.25) is 0 Å². The molecule has 0 atom stereocenters. The number of para-hydroxylation sites is 1. The molecule has 1 aliphatic heterocycles. The van der Waals surface area contributed by atoms with Crippen molar-refractivity contribution in [3.05, 3.63) is 29.8 Å². The molecule has 94 valence electrons. The molecule has 0 aliphatic carbocycles. The molecule has 1 aromatic rings. The first kappa shape index (κ1) is 12.4. The van der Waals surface area contributed by atoms with E-state index < -0.39 is 5.60 Å². The first-order valence-electron chi connectivity index (χ1n) is 6.18. The van der Waals surface area contributed by atoms with Crippen LogP contribution in [0.3, 0.4) is 0 Å². The Morgan fingerprint density at radius 1 is 1.24 bits per heavy atom. The smallest absolute Gasteiger partial charge is 0.125 e. The molecular weight excluding hydrogens is 216 g/mol. The number of benzene rings is 1. The van der Waals surface area contributed by atoms with E-state index in [1.165, 1.54) is 0 Å². The summed E-state index contributed by atoms with van der Waals surface area (Å²) in [6, 6.07) is 7.74. The van der Waals surface area contributed by atoms with Crippen molar-refractivity contribution >= 4 is 0 Å². The van der Waals surface area contributed by atoms with Crippen LogP contribution in [-0.4, -0.2) is 24.4 Å². The number of hydrogen-bond donors (Lipinski definition) is 1. The molecule has 0 aromatic heterocycles. The predicted octanol–water partition coefficient (Wildman–Crippen LogP) is 2.47. The number of ether oxygens (including phenoxy) is 2. The van der Waals surface area contributed by atoms with Gasteiger partial charge in [-0.15, -0.1) is 0 Å². The lowest BCUT2D eigenvalue weighted by molar-refractivity contribution is -0.0694. The van der Waals surface area contributed by atoms with Crippen molar-refractivity contribution in [2.75, 3.05) is 13.2 Å². The maximum absolute atomic E-state index is 10.7. The number of aliphatic hydroxyl groups is 1. The third kappa shape index (κ3) is 2.79. The second kappa shape index (κ2) is 5.07. The maximum atomic E-state index is 10.7. The molecule has 17 heavy (non-hydrogen) atoms. The fraction of sp³-hybridized carbons (Fsp3) is 0.571. The first-order valence-corrected chi connectivity index (χ1v) is 6.18. The monoisotopic (exact) mass is 236 g/mol. The lowest BCUT2D eigenvalue weighted by Crippen LogP contribution is -2.34. The molecule has 3 heteroatoms. The molecule has 2 rings (SSSR count). The van der Waals surface area contributed by atoms with E-state index in [1.54, 1.807) is 0 Å². The summed E-state index contributed by atoms with van der Waals surface area (Å²) in [6.45, 7) is 5.19. The van der Waals surface area contributed by atoms with Crippen molar-refractivity contribution in [2.24, 2.45) is 0 Å². The predicted molar refractivity (Wildman–Crippen MR) is 66.2 cm³/mol. The van der Waals surface area contributed by atoms with Gasteiger partial charge in [-0.3, -0.25) is 0 Å². The van der Waals surface area contributed by atoms with Crippen LogP contribution in [0.4, 0.5) is 0 Å². The van der Waals surface area contributed by atoms with Crippen LogP contribution in [0.15, 0.2) is 24.3 Å². The van der Waals surface area contributed by atoms with Crippen LogP contribution in [-0.2, 0) is 10.3 Å². The highest BCUT2D eigenvalue weighted by atomic mass is 16.5. The van der Waals surface area contributed by atoms with Crippen LogP contribution in [0.2, 0.25) is 0 Å². The van der Waals surface area contributed by atoms with E-state index in [1.807, 2.05) is 38.1 Å². The normalized spacial score (nSPS) is 19.3. The first-order chi connectivity index (χ1) is 8.12. The fourth-order valence-corrected chi connectivity index (χ4v) is 2.19. The molecule has 1 aromatic carbocycles. The Labute approximate surface area is 102 Å². The molecule has 1 saturated heterocycles. The Bertz CT molecular complexity index is 367. The molecule has 0 bridgehead atoms. The van der Waals surface area contributed by atoms with Crippen molar-refractivity contribution in [3.8, 4) is 5.75 Å². The van der Waals surface area contributed by atoms with Crippen LogP contribution >= 0.6 is 0 Å². The standard InChI is InChI=1S/C14H20O3/c1-11(2)17-13-6-4-3-5-12(13)14(15)7-9-16-10-8-14/h3-6,11,15H,7-10H2,1-2H3. The fourth-order valence-electron chi connectivity index (χ4n) is 2.19. The van der Waals surface area contributed by atoms with E-state index in [0.717, 1.165) is 11.3 Å². The van der Waals surface area contributed by atoms with Crippen LogP contribution < -0.4 is 4.74 Å². The lowest BCUT2D eigenvalue weighted by Gasteiger charge is -2.33. The minimum Gasteiger partial charge on any atom is -0.491 e. The maximum Gasteiger partial charge on any atom is 0.125 e. The van der Waals surface area contributed by atoms with Crippen LogP contribution in [0.5, 0.6) is 5.75 Å². The summed E-state index contributed by atoms with van der Waals surface area (Å²) in [7, 11) is 0. The second-order valence-corrected chi connectivity index (χ2v) is 4.81. The third-order valence-corrected chi connectivity index (χ3v) is 3.07. The Balaban J connectivity index is 2.29. The summed E-state index contributed by atoms with van der Waals surface area (Å²) in [5.74, 6) is 0.784. The summed E-state index contributed by atoms with van der Waals surface area (Å²) in [4.78, 5) is 0. The second-order valence-electron chi connectivity index (χ2n) is 4.81. The molecular formula is C14H20O3. The van der Waals surface area contributed by atoms with E-state index in [-0.39, 0.29) is 6.10 Å². The van der Waals surface area contributed by atoms with Gasteiger partial charge in [-0.2, -0.15) is 0 Å². The molecule has 1 aliphatic rings. The van der Waals surface area contributed by atoms with Crippen molar-refractivity contribution in [1.82, 2.24) is 0 Å². The van der Waals surface area contributed by atoms with Gasteiger partial charge in [0.1, 0.15) is 5.75 Å². The van der Waals surface area contributed by atoms with Gasteiger partial charge in [-0.1, -0.05) is 18.2 Å². The van der Waals surface area contributed by atoms with Gasteiger partial charge >= 0.3 is 0 Å². The average molecular weight is 236 g/mol. The molecule has 1 N–H and O–H groups in total. The zero-order valence-corrected chi connectivity index (χ0v) is 10.5. The third-order valence-electron chi connectivity index (χ3n) is 3.07. The number of rotatable bonds is 3. The van der Waals surface area contributed by atoms with Gasteiger partial charge in [-0.05, 0) is 19.9 Å². The van der Waals surface area contributed by atoms with Gasteiger partial charge < -0.3 is 14.6 Å². The minimum atomic E-state index is -0.802. The molecule has 1 heterocycles.